The Kier molecular flexibility index (Phi) is 5.08. The van der Waals surface area contributed by atoms with Crippen LogP contribution in [0.3, 0.4) is 0 Å². The fourth-order valence-electron chi connectivity index (χ4n) is 1.87. The van der Waals surface area contributed by atoms with E-state index in [0.717, 1.165) is 22.5 Å². The Balaban J connectivity index is 2.11. The first-order valence-electron chi connectivity index (χ1n) is 7.34. The number of aryl methyl sites for hydroxylation is 1. The fraction of sp³-hybridized carbons (Fsp3) is 0.412. The molecule has 0 aliphatic heterocycles. The minimum absolute atomic E-state index is 0.0646. The highest BCUT2D eigenvalue weighted by molar-refractivity contribution is 7.84. The summed E-state index contributed by atoms with van der Waals surface area (Å²) in [6.07, 6.45) is 3.68. The van der Waals surface area contributed by atoms with E-state index in [4.69, 9.17) is 0 Å². The third-order valence-corrected chi connectivity index (χ3v) is 4.99. The minimum atomic E-state index is -1.11. The first-order chi connectivity index (χ1) is 10.3. The summed E-state index contributed by atoms with van der Waals surface area (Å²) in [4.78, 5) is 8.79. The quantitative estimate of drug-likeness (QED) is 0.938. The van der Waals surface area contributed by atoms with Gasteiger partial charge in [-0.2, -0.15) is 0 Å². The predicted molar refractivity (Wildman–Crippen MR) is 91.7 cm³/mol. The summed E-state index contributed by atoms with van der Waals surface area (Å²) in [5.74, 6) is 0. The monoisotopic (exact) mass is 317 g/mol. The topological polar surface area (TPSA) is 54.9 Å². The second-order valence-electron chi connectivity index (χ2n) is 6.38. The van der Waals surface area contributed by atoms with Crippen molar-refractivity contribution in [2.24, 2.45) is 0 Å². The molecule has 0 radical (unpaired) electrons. The Labute approximate surface area is 135 Å². The summed E-state index contributed by atoms with van der Waals surface area (Å²) in [6, 6.07) is 7.94. The van der Waals surface area contributed by atoms with Gasteiger partial charge in [0.05, 0.1) is 27.5 Å². The second-order valence-corrected chi connectivity index (χ2v) is 8.38. The van der Waals surface area contributed by atoms with Crippen molar-refractivity contribution < 1.29 is 4.21 Å². The highest BCUT2D eigenvalue weighted by Crippen LogP contribution is 2.20. The highest BCUT2D eigenvalue weighted by Gasteiger charge is 2.22. The molecule has 118 valence electrons. The van der Waals surface area contributed by atoms with Crippen LogP contribution in [0.15, 0.2) is 36.7 Å². The van der Waals surface area contributed by atoms with Gasteiger partial charge in [-0.3, -0.25) is 9.97 Å². The SMILES string of the molecule is Cc1ccc(-c2ccc([C@@H](C)N[S@@](=O)C(C)(C)C)nc2)cn1. The molecular weight excluding hydrogens is 294 g/mol. The number of hydrogen-bond donors (Lipinski definition) is 1. The maximum atomic E-state index is 12.1. The molecule has 5 heteroatoms. The molecule has 0 spiro atoms. The van der Waals surface area contributed by atoms with Gasteiger partial charge in [-0.15, -0.1) is 0 Å². The summed E-state index contributed by atoms with van der Waals surface area (Å²) in [5.41, 5.74) is 3.95. The van der Waals surface area contributed by atoms with E-state index in [9.17, 15) is 4.21 Å². The fourth-order valence-corrected chi connectivity index (χ4v) is 2.66. The van der Waals surface area contributed by atoms with Gasteiger partial charge < -0.3 is 0 Å². The second kappa shape index (κ2) is 6.67. The molecule has 0 aliphatic rings. The third kappa shape index (κ3) is 4.21. The van der Waals surface area contributed by atoms with Crippen LogP contribution in [-0.4, -0.2) is 18.9 Å². The summed E-state index contributed by atoms with van der Waals surface area (Å²) >= 11 is 0. The number of nitrogens with one attached hydrogen (secondary N) is 1. The van der Waals surface area contributed by atoms with Gasteiger partial charge in [0.15, 0.2) is 0 Å². The normalized spacial score (nSPS) is 14.6. The van der Waals surface area contributed by atoms with E-state index in [0.29, 0.717) is 0 Å². The van der Waals surface area contributed by atoms with Crippen molar-refractivity contribution in [2.75, 3.05) is 0 Å². The van der Waals surface area contributed by atoms with E-state index in [1.165, 1.54) is 0 Å². The Morgan fingerprint density at radius 2 is 1.64 bits per heavy atom. The standard InChI is InChI=1S/C17H23N3OS/c1-12-6-7-14(10-18-12)15-8-9-16(19-11-15)13(2)20-22(21)17(3,4)5/h6-11,13,20H,1-5H3/t13-,22+/m1/s1. The predicted octanol–water partition coefficient (Wildman–Crippen LogP) is 3.56. The first-order valence-corrected chi connectivity index (χ1v) is 8.49. The molecule has 0 bridgehead atoms. The summed E-state index contributed by atoms with van der Waals surface area (Å²) in [5, 5.41) is 0. The molecule has 2 rings (SSSR count). The lowest BCUT2D eigenvalue weighted by Gasteiger charge is -2.21. The molecule has 0 amide bonds. The summed E-state index contributed by atoms with van der Waals surface area (Å²) in [7, 11) is -1.11. The van der Waals surface area contributed by atoms with Crippen LogP contribution in [0, 0.1) is 6.92 Å². The number of pyridine rings is 2. The van der Waals surface area contributed by atoms with Gasteiger partial charge in [0.25, 0.3) is 0 Å². The molecule has 1 N–H and O–H groups in total. The molecular formula is C17H23N3OS. The molecule has 2 atom stereocenters. The third-order valence-electron chi connectivity index (χ3n) is 3.31. The Morgan fingerprint density at radius 3 is 2.09 bits per heavy atom. The Morgan fingerprint density at radius 1 is 1.05 bits per heavy atom. The number of nitrogens with zero attached hydrogens (tertiary/aromatic N) is 2. The van der Waals surface area contributed by atoms with Crippen molar-refractivity contribution in [3.63, 3.8) is 0 Å². The molecule has 2 aromatic heterocycles. The van der Waals surface area contributed by atoms with Gasteiger partial charge in [0.2, 0.25) is 0 Å². The molecule has 0 aliphatic carbocycles. The van der Waals surface area contributed by atoms with Gasteiger partial charge in [-0.25, -0.2) is 8.93 Å². The van der Waals surface area contributed by atoms with Crippen molar-refractivity contribution in [2.45, 2.75) is 45.4 Å². The van der Waals surface area contributed by atoms with Crippen molar-refractivity contribution in [3.05, 3.63) is 48.0 Å². The van der Waals surface area contributed by atoms with Crippen LogP contribution in [0.4, 0.5) is 0 Å². The summed E-state index contributed by atoms with van der Waals surface area (Å²) < 4.78 is 14.9. The van der Waals surface area contributed by atoms with Gasteiger partial charge >= 0.3 is 0 Å². The van der Waals surface area contributed by atoms with Gasteiger partial charge in [0, 0.05) is 29.2 Å². The van der Waals surface area contributed by atoms with Crippen molar-refractivity contribution >= 4 is 11.0 Å². The van der Waals surface area contributed by atoms with Crippen molar-refractivity contribution in [1.29, 1.82) is 0 Å². The van der Waals surface area contributed by atoms with Crippen LogP contribution in [0.1, 0.15) is 45.1 Å². The van der Waals surface area contributed by atoms with Crippen LogP contribution in [0.5, 0.6) is 0 Å². The summed E-state index contributed by atoms with van der Waals surface area (Å²) in [6.45, 7) is 9.78. The van der Waals surface area contributed by atoms with Crippen molar-refractivity contribution in [1.82, 2.24) is 14.7 Å². The Hall–Kier alpha value is -1.59. The van der Waals surface area contributed by atoms with Crippen LogP contribution in [-0.2, 0) is 11.0 Å². The largest absolute Gasteiger partial charge is 0.261 e. The number of aromatic nitrogens is 2. The zero-order valence-electron chi connectivity index (χ0n) is 13.8. The molecule has 4 nitrogen and oxygen atoms in total. The lowest BCUT2D eigenvalue weighted by Crippen LogP contribution is -2.35. The lowest BCUT2D eigenvalue weighted by atomic mass is 10.1. The molecule has 2 aromatic rings. The van der Waals surface area contributed by atoms with Crippen LogP contribution >= 0.6 is 0 Å². The molecule has 0 saturated carbocycles. The maximum Gasteiger partial charge on any atom is 0.0976 e. The van der Waals surface area contributed by atoms with E-state index >= 15 is 0 Å². The van der Waals surface area contributed by atoms with Crippen molar-refractivity contribution in [3.8, 4) is 11.1 Å². The van der Waals surface area contributed by atoms with E-state index < -0.39 is 11.0 Å². The van der Waals surface area contributed by atoms with Gasteiger partial charge in [-0.1, -0.05) is 12.1 Å². The molecule has 22 heavy (non-hydrogen) atoms. The molecule has 0 aromatic carbocycles. The maximum absolute atomic E-state index is 12.1. The van der Waals surface area contributed by atoms with E-state index in [-0.39, 0.29) is 10.8 Å². The van der Waals surface area contributed by atoms with Gasteiger partial charge in [-0.05, 0) is 46.8 Å². The zero-order chi connectivity index (χ0) is 16.3. The van der Waals surface area contributed by atoms with Crippen LogP contribution in [0.25, 0.3) is 11.1 Å². The zero-order valence-corrected chi connectivity index (χ0v) is 14.6. The van der Waals surface area contributed by atoms with Gasteiger partial charge in [0.1, 0.15) is 0 Å². The number of hydrogen-bond acceptors (Lipinski definition) is 3. The Bertz CT molecular complexity index is 645. The van der Waals surface area contributed by atoms with E-state index in [2.05, 4.69) is 14.7 Å². The lowest BCUT2D eigenvalue weighted by molar-refractivity contribution is 0.611. The minimum Gasteiger partial charge on any atom is -0.261 e. The highest BCUT2D eigenvalue weighted by atomic mass is 32.2. The molecule has 0 saturated heterocycles. The molecule has 2 heterocycles. The number of rotatable bonds is 4. The smallest absolute Gasteiger partial charge is 0.0976 e. The average Bonchev–Trinajstić information content (AvgIpc) is 2.47. The first kappa shape index (κ1) is 16.8. The molecule has 0 unspecified atom stereocenters. The average molecular weight is 317 g/mol. The van der Waals surface area contributed by atoms with E-state index in [1.807, 2.05) is 71.3 Å². The van der Waals surface area contributed by atoms with Crippen LogP contribution < -0.4 is 4.72 Å². The van der Waals surface area contributed by atoms with E-state index in [1.54, 1.807) is 0 Å². The van der Waals surface area contributed by atoms with Crippen LogP contribution in [0.2, 0.25) is 0 Å². The molecule has 0 fully saturated rings.